The third-order valence-electron chi connectivity index (χ3n) is 5.69. The number of carbonyl (C=O) groups excluding carboxylic acids is 1. The number of nitrogens with zero attached hydrogens (tertiary/aromatic N) is 2. The summed E-state index contributed by atoms with van der Waals surface area (Å²) in [6.07, 6.45) is 3.68. The molecule has 4 rings (SSSR count). The van der Waals surface area contributed by atoms with Crippen LogP contribution in [0.2, 0.25) is 0 Å². The summed E-state index contributed by atoms with van der Waals surface area (Å²) in [5.41, 5.74) is 5.09. The van der Waals surface area contributed by atoms with Crippen LogP contribution in [-0.2, 0) is 10.0 Å². The maximum Gasteiger partial charge on any atom is 0.254 e. The van der Waals surface area contributed by atoms with Crippen LogP contribution in [0, 0.1) is 20.8 Å². The summed E-state index contributed by atoms with van der Waals surface area (Å²) in [5.74, 6) is 0.0818. The van der Waals surface area contributed by atoms with Crippen molar-refractivity contribution in [3.8, 4) is 5.69 Å². The molecule has 1 fully saturated rings. The van der Waals surface area contributed by atoms with Crippen LogP contribution in [0.5, 0.6) is 0 Å². The fourth-order valence-electron chi connectivity index (χ4n) is 3.81. The normalized spacial score (nSPS) is 13.8. The van der Waals surface area contributed by atoms with E-state index in [1.54, 1.807) is 25.3 Å². The van der Waals surface area contributed by atoms with Crippen LogP contribution in [0.3, 0.4) is 0 Å². The van der Waals surface area contributed by atoms with Gasteiger partial charge in [0.15, 0.2) is 0 Å². The molecule has 0 unspecified atom stereocenters. The molecule has 1 aromatic heterocycles. The molecule has 0 aliphatic heterocycles. The number of sulfonamides is 1. The second-order valence-electron chi connectivity index (χ2n) is 8.34. The molecule has 7 nitrogen and oxygen atoms in total. The van der Waals surface area contributed by atoms with Gasteiger partial charge in [-0.25, -0.2) is 17.8 Å². The molecule has 1 heterocycles. The first-order valence-corrected chi connectivity index (χ1v) is 12.3. The van der Waals surface area contributed by atoms with E-state index in [0.29, 0.717) is 17.0 Å². The SMILES string of the molecule is Cc1ccc(C)c(S(=O)(=O)NCCNC(=O)c2cnn(-c3ccccc3C)c2C2CC2)c1. The van der Waals surface area contributed by atoms with Crippen molar-refractivity contribution in [3.05, 3.63) is 76.6 Å². The number of carbonyl (C=O) groups is 1. The summed E-state index contributed by atoms with van der Waals surface area (Å²) in [5, 5.41) is 7.33. The molecular formula is C24H28N4O3S. The van der Waals surface area contributed by atoms with Crippen molar-refractivity contribution in [3.63, 3.8) is 0 Å². The predicted octanol–water partition coefficient (Wildman–Crippen LogP) is 3.38. The molecule has 168 valence electrons. The molecule has 32 heavy (non-hydrogen) atoms. The van der Waals surface area contributed by atoms with Gasteiger partial charge in [0.05, 0.1) is 28.0 Å². The summed E-state index contributed by atoms with van der Waals surface area (Å²) in [6, 6.07) is 13.3. The first-order valence-electron chi connectivity index (χ1n) is 10.8. The molecule has 3 aromatic rings. The van der Waals surface area contributed by atoms with Gasteiger partial charge in [0.2, 0.25) is 10.0 Å². The van der Waals surface area contributed by atoms with Crippen molar-refractivity contribution in [2.45, 2.75) is 44.4 Å². The quantitative estimate of drug-likeness (QED) is 0.513. The van der Waals surface area contributed by atoms with Crippen molar-refractivity contribution in [2.75, 3.05) is 13.1 Å². The van der Waals surface area contributed by atoms with Gasteiger partial charge in [0.1, 0.15) is 0 Å². The standard InChI is InChI=1S/C24H28N4O3S/c1-16-8-9-18(3)22(14-16)32(30,31)27-13-12-25-24(29)20-15-26-28(23(20)19-10-11-19)21-7-5-4-6-17(21)2/h4-9,14-15,19,27H,10-13H2,1-3H3,(H,25,29). The average molecular weight is 453 g/mol. The smallest absolute Gasteiger partial charge is 0.254 e. The lowest BCUT2D eigenvalue weighted by atomic mass is 10.1. The zero-order valence-corrected chi connectivity index (χ0v) is 19.4. The predicted molar refractivity (Wildman–Crippen MR) is 124 cm³/mol. The molecule has 1 aliphatic carbocycles. The van der Waals surface area contributed by atoms with Gasteiger partial charge in [-0.05, 0) is 62.4 Å². The zero-order valence-electron chi connectivity index (χ0n) is 18.6. The van der Waals surface area contributed by atoms with Crippen LogP contribution in [0.15, 0.2) is 53.6 Å². The number of nitrogens with one attached hydrogen (secondary N) is 2. The average Bonchev–Trinajstić information content (AvgIpc) is 3.51. The Labute approximate surface area is 188 Å². The number of para-hydroxylation sites is 1. The van der Waals surface area contributed by atoms with Crippen molar-refractivity contribution in [1.29, 1.82) is 0 Å². The molecular weight excluding hydrogens is 424 g/mol. The van der Waals surface area contributed by atoms with E-state index in [1.807, 2.05) is 48.9 Å². The van der Waals surface area contributed by atoms with E-state index >= 15 is 0 Å². The maximum absolute atomic E-state index is 12.9. The number of aryl methyl sites for hydroxylation is 3. The first-order chi connectivity index (χ1) is 15.3. The molecule has 0 bridgehead atoms. The van der Waals surface area contributed by atoms with Crippen LogP contribution in [0.4, 0.5) is 0 Å². The molecule has 0 spiro atoms. The lowest BCUT2D eigenvalue weighted by Crippen LogP contribution is -2.35. The molecule has 1 amide bonds. The summed E-state index contributed by atoms with van der Waals surface area (Å²) < 4.78 is 29.7. The molecule has 8 heteroatoms. The Kier molecular flexibility index (Phi) is 6.17. The Balaban J connectivity index is 1.43. The Morgan fingerprint density at radius 3 is 2.53 bits per heavy atom. The van der Waals surface area contributed by atoms with Crippen molar-refractivity contribution >= 4 is 15.9 Å². The third kappa shape index (κ3) is 4.61. The Bertz CT molecular complexity index is 1260. The number of hydrogen-bond acceptors (Lipinski definition) is 4. The summed E-state index contributed by atoms with van der Waals surface area (Å²) in [7, 11) is -3.64. The largest absolute Gasteiger partial charge is 0.351 e. The van der Waals surface area contributed by atoms with Gasteiger partial charge in [-0.15, -0.1) is 0 Å². The number of benzene rings is 2. The highest BCUT2D eigenvalue weighted by atomic mass is 32.2. The van der Waals surface area contributed by atoms with Gasteiger partial charge >= 0.3 is 0 Å². The number of hydrogen-bond donors (Lipinski definition) is 2. The van der Waals surface area contributed by atoms with Crippen LogP contribution in [-0.4, -0.2) is 37.2 Å². The van der Waals surface area contributed by atoms with E-state index < -0.39 is 10.0 Å². The summed E-state index contributed by atoms with van der Waals surface area (Å²) in [4.78, 5) is 13.1. The highest BCUT2D eigenvalue weighted by Crippen LogP contribution is 2.42. The van der Waals surface area contributed by atoms with Crippen LogP contribution in [0.1, 0.15) is 51.5 Å². The molecule has 0 atom stereocenters. The lowest BCUT2D eigenvalue weighted by molar-refractivity contribution is 0.0953. The highest BCUT2D eigenvalue weighted by Gasteiger charge is 2.33. The van der Waals surface area contributed by atoms with Gasteiger partial charge in [0, 0.05) is 19.0 Å². The molecule has 2 N–H and O–H groups in total. The van der Waals surface area contributed by atoms with Crippen LogP contribution < -0.4 is 10.0 Å². The van der Waals surface area contributed by atoms with E-state index in [9.17, 15) is 13.2 Å². The minimum atomic E-state index is -3.64. The molecule has 1 aliphatic rings. The fourth-order valence-corrected chi connectivity index (χ4v) is 5.17. The first kappa shape index (κ1) is 22.2. The van der Waals surface area contributed by atoms with Gasteiger partial charge < -0.3 is 5.32 Å². The maximum atomic E-state index is 12.9. The minimum Gasteiger partial charge on any atom is -0.351 e. The van der Waals surface area contributed by atoms with E-state index in [2.05, 4.69) is 15.1 Å². The van der Waals surface area contributed by atoms with E-state index in [1.165, 1.54) is 0 Å². The molecule has 1 saturated carbocycles. The molecule has 0 saturated heterocycles. The van der Waals surface area contributed by atoms with Crippen LogP contribution >= 0.6 is 0 Å². The minimum absolute atomic E-state index is 0.103. The van der Waals surface area contributed by atoms with Crippen molar-refractivity contribution in [1.82, 2.24) is 19.8 Å². The lowest BCUT2D eigenvalue weighted by Gasteiger charge is -2.12. The van der Waals surface area contributed by atoms with Gasteiger partial charge in [-0.1, -0.05) is 30.3 Å². The molecule has 2 aromatic carbocycles. The number of aromatic nitrogens is 2. The van der Waals surface area contributed by atoms with Crippen molar-refractivity contribution < 1.29 is 13.2 Å². The highest BCUT2D eigenvalue weighted by molar-refractivity contribution is 7.89. The van der Waals surface area contributed by atoms with Gasteiger partial charge in [0.25, 0.3) is 5.91 Å². The van der Waals surface area contributed by atoms with E-state index in [0.717, 1.165) is 35.3 Å². The van der Waals surface area contributed by atoms with E-state index in [-0.39, 0.29) is 23.9 Å². The summed E-state index contributed by atoms with van der Waals surface area (Å²) in [6.45, 7) is 5.93. The summed E-state index contributed by atoms with van der Waals surface area (Å²) >= 11 is 0. The second-order valence-corrected chi connectivity index (χ2v) is 10.1. The Hall–Kier alpha value is -2.97. The number of rotatable bonds is 8. The van der Waals surface area contributed by atoms with Gasteiger partial charge in [-0.2, -0.15) is 5.10 Å². The Morgan fingerprint density at radius 2 is 1.81 bits per heavy atom. The van der Waals surface area contributed by atoms with Crippen molar-refractivity contribution in [2.24, 2.45) is 0 Å². The monoisotopic (exact) mass is 452 g/mol. The third-order valence-corrected chi connectivity index (χ3v) is 7.30. The fraction of sp³-hybridized carbons (Fsp3) is 0.333. The van der Waals surface area contributed by atoms with Crippen LogP contribution in [0.25, 0.3) is 5.69 Å². The second kappa shape index (κ2) is 8.88. The number of amides is 1. The Morgan fingerprint density at radius 1 is 1.06 bits per heavy atom. The van der Waals surface area contributed by atoms with Gasteiger partial charge in [-0.3, -0.25) is 4.79 Å². The molecule has 0 radical (unpaired) electrons. The zero-order chi connectivity index (χ0) is 22.9. The van der Waals surface area contributed by atoms with E-state index in [4.69, 9.17) is 0 Å². The topological polar surface area (TPSA) is 93.1 Å².